The Hall–Kier alpha value is -0.770. The molecular formula is C9H13BrN2O. The number of nitrogens with zero attached hydrogens (tertiary/aromatic N) is 2. The highest BCUT2D eigenvalue weighted by molar-refractivity contribution is 9.10. The van der Waals surface area contributed by atoms with Gasteiger partial charge < -0.3 is 9.64 Å². The van der Waals surface area contributed by atoms with Crippen LogP contribution in [-0.2, 0) is 0 Å². The van der Waals surface area contributed by atoms with Gasteiger partial charge in [-0.2, -0.15) is 0 Å². The summed E-state index contributed by atoms with van der Waals surface area (Å²) in [5.74, 6) is 1.73. The van der Waals surface area contributed by atoms with E-state index in [1.54, 1.807) is 13.3 Å². The molecule has 0 radical (unpaired) electrons. The second-order valence-corrected chi connectivity index (χ2v) is 3.55. The lowest BCUT2D eigenvalue weighted by molar-refractivity contribution is 0.411. The zero-order valence-corrected chi connectivity index (χ0v) is 9.63. The Morgan fingerprint density at radius 2 is 2.31 bits per heavy atom. The van der Waals surface area contributed by atoms with Crippen LogP contribution in [0, 0.1) is 0 Å². The Balaban J connectivity index is 2.99. The number of halogens is 1. The first-order valence-electron chi connectivity index (χ1n) is 4.09. The van der Waals surface area contributed by atoms with Crippen LogP contribution in [-0.4, -0.2) is 25.7 Å². The average Bonchev–Trinajstić information content (AvgIpc) is 2.17. The molecule has 0 spiro atoms. The van der Waals surface area contributed by atoms with Crippen LogP contribution in [0.5, 0.6) is 5.75 Å². The summed E-state index contributed by atoms with van der Waals surface area (Å²) >= 11 is 3.36. The fourth-order valence-electron chi connectivity index (χ4n) is 0.937. The molecule has 13 heavy (non-hydrogen) atoms. The van der Waals surface area contributed by atoms with Crippen LogP contribution in [0.25, 0.3) is 0 Å². The number of hydrogen-bond acceptors (Lipinski definition) is 3. The van der Waals surface area contributed by atoms with E-state index in [1.807, 2.05) is 13.1 Å². The minimum atomic E-state index is 0.810. The number of ether oxygens (including phenoxy) is 1. The summed E-state index contributed by atoms with van der Waals surface area (Å²) < 4.78 is 6.04. The lowest BCUT2D eigenvalue weighted by atomic mass is 10.4. The molecule has 1 aromatic rings. The third-order valence-electron chi connectivity index (χ3n) is 1.89. The summed E-state index contributed by atoms with van der Waals surface area (Å²) in [4.78, 5) is 6.31. The molecule has 0 aromatic carbocycles. The maximum Gasteiger partial charge on any atom is 0.138 e. The van der Waals surface area contributed by atoms with Gasteiger partial charge in [-0.3, -0.25) is 0 Å². The van der Waals surface area contributed by atoms with Crippen molar-refractivity contribution < 1.29 is 4.74 Å². The molecular weight excluding hydrogens is 232 g/mol. The van der Waals surface area contributed by atoms with Gasteiger partial charge in [0.25, 0.3) is 0 Å². The second kappa shape index (κ2) is 4.46. The van der Waals surface area contributed by atoms with E-state index in [9.17, 15) is 0 Å². The highest BCUT2D eigenvalue weighted by Crippen LogP contribution is 2.26. The summed E-state index contributed by atoms with van der Waals surface area (Å²) in [6.07, 6.45) is 1.75. The number of anilines is 1. The van der Waals surface area contributed by atoms with E-state index in [0.29, 0.717) is 0 Å². The Kier molecular flexibility index (Phi) is 3.54. The van der Waals surface area contributed by atoms with Gasteiger partial charge in [0.15, 0.2) is 0 Å². The molecule has 1 aromatic heterocycles. The molecule has 0 N–H and O–H groups in total. The van der Waals surface area contributed by atoms with Crippen molar-refractivity contribution in [3.8, 4) is 5.75 Å². The van der Waals surface area contributed by atoms with Gasteiger partial charge in [0.1, 0.15) is 11.6 Å². The fourth-order valence-corrected chi connectivity index (χ4v) is 1.32. The Morgan fingerprint density at radius 1 is 1.62 bits per heavy atom. The van der Waals surface area contributed by atoms with Crippen molar-refractivity contribution in [3.63, 3.8) is 0 Å². The predicted octanol–water partition coefficient (Wildman–Crippen LogP) is 2.31. The topological polar surface area (TPSA) is 25.4 Å². The van der Waals surface area contributed by atoms with Gasteiger partial charge in [0.05, 0.1) is 11.6 Å². The molecule has 3 nitrogen and oxygen atoms in total. The normalized spacial score (nSPS) is 9.85. The minimum Gasteiger partial charge on any atom is -0.495 e. The van der Waals surface area contributed by atoms with E-state index in [2.05, 4.69) is 32.7 Å². The zero-order valence-electron chi connectivity index (χ0n) is 8.04. The van der Waals surface area contributed by atoms with Crippen LogP contribution in [0.1, 0.15) is 6.92 Å². The molecule has 72 valence electrons. The molecule has 0 aliphatic heterocycles. The van der Waals surface area contributed by atoms with Crippen molar-refractivity contribution in [2.75, 3.05) is 25.6 Å². The average molecular weight is 245 g/mol. The second-order valence-electron chi connectivity index (χ2n) is 2.69. The van der Waals surface area contributed by atoms with Crippen molar-refractivity contribution in [1.29, 1.82) is 0 Å². The summed E-state index contributed by atoms with van der Waals surface area (Å²) in [5.41, 5.74) is 0. The van der Waals surface area contributed by atoms with E-state index >= 15 is 0 Å². The third-order valence-corrected chi connectivity index (χ3v) is 2.49. The predicted molar refractivity (Wildman–Crippen MR) is 57.4 cm³/mol. The minimum absolute atomic E-state index is 0.810. The van der Waals surface area contributed by atoms with Gasteiger partial charge in [0.2, 0.25) is 0 Å². The molecule has 0 unspecified atom stereocenters. The van der Waals surface area contributed by atoms with Crippen molar-refractivity contribution in [2.45, 2.75) is 6.92 Å². The Morgan fingerprint density at radius 3 is 2.85 bits per heavy atom. The monoisotopic (exact) mass is 244 g/mol. The molecule has 0 aliphatic rings. The number of methoxy groups -OCH3 is 1. The summed E-state index contributed by atoms with van der Waals surface area (Å²) in [6.45, 7) is 3.01. The first-order valence-corrected chi connectivity index (χ1v) is 4.89. The van der Waals surface area contributed by atoms with Crippen LogP contribution < -0.4 is 9.64 Å². The number of pyridine rings is 1. The summed E-state index contributed by atoms with van der Waals surface area (Å²) in [5, 5.41) is 0. The summed E-state index contributed by atoms with van der Waals surface area (Å²) in [7, 11) is 3.64. The molecule has 1 rings (SSSR count). The van der Waals surface area contributed by atoms with Gasteiger partial charge in [-0.05, 0) is 22.9 Å². The van der Waals surface area contributed by atoms with Crippen molar-refractivity contribution in [2.24, 2.45) is 0 Å². The van der Waals surface area contributed by atoms with Gasteiger partial charge >= 0.3 is 0 Å². The van der Waals surface area contributed by atoms with E-state index in [1.165, 1.54) is 0 Å². The van der Waals surface area contributed by atoms with Crippen LogP contribution in [0.3, 0.4) is 0 Å². The first kappa shape index (κ1) is 10.3. The van der Waals surface area contributed by atoms with Gasteiger partial charge in [-0.25, -0.2) is 4.98 Å². The molecule has 0 atom stereocenters. The van der Waals surface area contributed by atoms with Gasteiger partial charge in [0, 0.05) is 25.9 Å². The van der Waals surface area contributed by atoms with Crippen LogP contribution >= 0.6 is 15.9 Å². The number of hydrogen-bond donors (Lipinski definition) is 0. The van der Waals surface area contributed by atoms with E-state index in [-0.39, 0.29) is 0 Å². The largest absolute Gasteiger partial charge is 0.495 e. The van der Waals surface area contributed by atoms with Crippen LogP contribution in [0.15, 0.2) is 16.7 Å². The molecule has 0 bridgehead atoms. The zero-order chi connectivity index (χ0) is 9.84. The Bertz CT molecular complexity index is 291. The van der Waals surface area contributed by atoms with E-state index in [0.717, 1.165) is 22.6 Å². The quantitative estimate of drug-likeness (QED) is 0.817. The number of aromatic nitrogens is 1. The standard InChI is InChI=1S/C9H13BrN2O/c1-4-12(2)9-5-8(13-3)7(10)6-11-9/h5-6H,4H2,1-3H3. The van der Waals surface area contributed by atoms with Crippen molar-refractivity contribution >= 4 is 21.7 Å². The number of rotatable bonds is 3. The maximum absolute atomic E-state index is 5.17. The van der Waals surface area contributed by atoms with Crippen LogP contribution in [0.2, 0.25) is 0 Å². The SMILES string of the molecule is CCN(C)c1cc(OC)c(Br)cn1. The molecule has 0 amide bonds. The first-order chi connectivity index (χ1) is 6.19. The highest BCUT2D eigenvalue weighted by Gasteiger charge is 2.04. The Labute approximate surface area is 86.9 Å². The lowest BCUT2D eigenvalue weighted by Gasteiger charge is -2.16. The van der Waals surface area contributed by atoms with Crippen molar-refractivity contribution in [3.05, 3.63) is 16.7 Å². The molecule has 4 heteroatoms. The smallest absolute Gasteiger partial charge is 0.138 e. The molecule has 0 saturated heterocycles. The molecule has 0 aliphatic carbocycles. The van der Waals surface area contributed by atoms with Crippen LogP contribution in [0.4, 0.5) is 5.82 Å². The van der Waals surface area contributed by atoms with E-state index in [4.69, 9.17) is 4.74 Å². The fraction of sp³-hybridized carbons (Fsp3) is 0.444. The van der Waals surface area contributed by atoms with Gasteiger partial charge in [-0.15, -0.1) is 0 Å². The molecule has 1 heterocycles. The maximum atomic E-state index is 5.17. The lowest BCUT2D eigenvalue weighted by Crippen LogP contribution is -2.17. The van der Waals surface area contributed by atoms with E-state index < -0.39 is 0 Å². The van der Waals surface area contributed by atoms with Gasteiger partial charge in [-0.1, -0.05) is 0 Å². The summed E-state index contributed by atoms with van der Waals surface area (Å²) in [6, 6.07) is 1.91. The molecule has 0 fully saturated rings. The molecule has 0 saturated carbocycles. The highest BCUT2D eigenvalue weighted by atomic mass is 79.9. The van der Waals surface area contributed by atoms with Crippen molar-refractivity contribution in [1.82, 2.24) is 4.98 Å². The third kappa shape index (κ3) is 2.34.